The smallest absolute Gasteiger partial charge is 0.320 e. The van der Waals surface area contributed by atoms with Crippen LogP contribution in [0.5, 0.6) is 0 Å². The number of carbonyl (C=O) groups excluding carboxylic acids is 3. The van der Waals surface area contributed by atoms with Crippen LogP contribution in [0.2, 0.25) is 0 Å². The van der Waals surface area contributed by atoms with Crippen LogP contribution in [-0.2, 0) is 19.2 Å². The molecule has 0 saturated carbocycles. The van der Waals surface area contributed by atoms with Crippen LogP contribution in [0.1, 0.15) is 19.3 Å². The Morgan fingerprint density at radius 1 is 1.10 bits per heavy atom. The molecular weight excluding hydrogens is 266 g/mol. The second-order valence-corrected chi connectivity index (χ2v) is 4.54. The van der Waals surface area contributed by atoms with Gasteiger partial charge >= 0.3 is 5.97 Å². The highest BCUT2D eigenvalue weighted by atomic mass is 16.4. The number of carbonyl (C=O) groups is 4. The number of amides is 2. The van der Waals surface area contributed by atoms with Gasteiger partial charge in [-0.3, -0.25) is 24.1 Å². The average Bonchev–Trinajstić information content (AvgIpc) is 2.69. The van der Waals surface area contributed by atoms with Crippen molar-refractivity contribution in [2.24, 2.45) is 11.5 Å². The number of nitrogens with zero attached hydrogens (tertiary/aromatic N) is 1. The molecule has 8 nitrogen and oxygen atoms in total. The van der Waals surface area contributed by atoms with Crippen LogP contribution in [0, 0.1) is 0 Å². The average molecular weight is 283 g/mol. The first-order chi connectivity index (χ1) is 9.32. The van der Waals surface area contributed by atoms with Crippen LogP contribution in [0.25, 0.3) is 0 Å². The Morgan fingerprint density at radius 2 is 1.60 bits per heavy atom. The van der Waals surface area contributed by atoms with E-state index in [1.54, 1.807) is 0 Å². The van der Waals surface area contributed by atoms with Crippen molar-refractivity contribution in [2.45, 2.75) is 31.3 Å². The minimum atomic E-state index is -1.11. The summed E-state index contributed by atoms with van der Waals surface area (Å²) in [5.41, 5.74) is 11.0. The number of Topliss-reactive ketones (excluding diaryl/α,β-unsaturated/α-hetero) is 1. The number of imide groups is 1. The van der Waals surface area contributed by atoms with Gasteiger partial charge in [-0.15, -0.1) is 0 Å². The lowest BCUT2D eigenvalue weighted by Gasteiger charge is -2.16. The molecule has 0 aliphatic carbocycles. The Balaban J connectivity index is 2.35. The van der Waals surface area contributed by atoms with Crippen LogP contribution in [-0.4, -0.2) is 52.2 Å². The van der Waals surface area contributed by atoms with Crippen LogP contribution in [0.4, 0.5) is 0 Å². The monoisotopic (exact) mass is 283 g/mol. The number of rotatable bonds is 8. The molecule has 2 amide bonds. The van der Waals surface area contributed by atoms with Crippen LogP contribution >= 0.6 is 0 Å². The lowest BCUT2D eigenvalue weighted by atomic mass is 10.0. The van der Waals surface area contributed by atoms with E-state index in [4.69, 9.17) is 16.6 Å². The number of hydrogen-bond acceptors (Lipinski definition) is 6. The summed E-state index contributed by atoms with van der Waals surface area (Å²) in [6.45, 7) is -0.364. The van der Waals surface area contributed by atoms with Crippen molar-refractivity contribution >= 4 is 23.6 Å². The van der Waals surface area contributed by atoms with Crippen LogP contribution in [0.15, 0.2) is 12.2 Å². The molecule has 1 rings (SSSR count). The summed E-state index contributed by atoms with van der Waals surface area (Å²) in [7, 11) is 0. The number of nitrogens with two attached hydrogens (primary N) is 2. The van der Waals surface area contributed by atoms with Gasteiger partial charge in [0.1, 0.15) is 6.04 Å². The van der Waals surface area contributed by atoms with E-state index in [-0.39, 0.29) is 19.4 Å². The Labute approximate surface area is 115 Å². The van der Waals surface area contributed by atoms with Crippen molar-refractivity contribution < 1.29 is 24.3 Å². The number of carboxylic acid groups (broad SMARTS) is 1. The molecule has 1 aliphatic heterocycles. The molecule has 0 aromatic carbocycles. The molecule has 110 valence electrons. The van der Waals surface area contributed by atoms with Crippen molar-refractivity contribution in [1.82, 2.24) is 4.90 Å². The molecule has 0 aromatic rings. The molecule has 1 heterocycles. The zero-order valence-corrected chi connectivity index (χ0v) is 10.8. The predicted molar refractivity (Wildman–Crippen MR) is 68.3 cm³/mol. The van der Waals surface area contributed by atoms with E-state index >= 15 is 0 Å². The first-order valence-corrected chi connectivity index (χ1v) is 6.13. The molecule has 0 saturated heterocycles. The molecule has 1 aliphatic rings. The SMILES string of the molecule is NC(CCC[C@@H](N)C(=O)O)C(=O)CN1C(=O)C=CC1=O. The lowest BCUT2D eigenvalue weighted by Crippen LogP contribution is -2.42. The van der Waals surface area contributed by atoms with E-state index in [1.807, 2.05) is 0 Å². The molecule has 20 heavy (non-hydrogen) atoms. The third-order valence-electron chi connectivity index (χ3n) is 2.98. The summed E-state index contributed by atoms with van der Waals surface area (Å²) >= 11 is 0. The Bertz CT molecular complexity index is 442. The van der Waals surface area contributed by atoms with Gasteiger partial charge in [0.2, 0.25) is 0 Å². The maximum Gasteiger partial charge on any atom is 0.320 e. The van der Waals surface area contributed by atoms with Gasteiger partial charge < -0.3 is 16.6 Å². The highest BCUT2D eigenvalue weighted by Gasteiger charge is 2.27. The van der Waals surface area contributed by atoms with Crippen molar-refractivity contribution in [1.29, 1.82) is 0 Å². The van der Waals surface area contributed by atoms with E-state index in [2.05, 4.69) is 0 Å². The maximum absolute atomic E-state index is 11.8. The largest absolute Gasteiger partial charge is 0.480 e. The summed E-state index contributed by atoms with van der Waals surface area (Å²) < 4.78 is 0. The van der Waals surface area contributed by atoms with E-state index in [0.29, 0.717) is 6.42 Å². The molecule has 0 bridgehead atoms. The predicted octanol–water partition coefficient (Wildman–Crippen LogP) is -1.61. The molecule has 0 fully saturated rings. The lowest BCUT2D eigenvalue weighted by molar-refractivity contribution is -0.141. The Morgan fingerprint density at radius 3 is 2.10 bits per heavy atom. The summed E-state index contributed by atoms with van der Waals surface area (Å²) in [5, 5.41) is 8.59. The fourth-order valence-electron chi connectivity index (χ4n) is 1.70. The molecule has 0 radical (unpaired) electrons. The van der Waals surface area contributed by atoms with Crippen LogP contribution < -0.4 is 11.5 Å². The Kier molecular flexibility index (Phi) is 5.53. The Hall–Kier alpha value is -2.06. The minimum Gasteiger partial charge on any atom is -0.480 e. The van der Waals surface area contributed by atoms with Crippen molar-refractivity contribution in [3.8, 4) is 0 Å². The van der Waals surface area contributed by atoms with Gasteiger partial charge in [-0.25, -0.2) is 0 Å². The summed E-state index contributed by atoms with van der Waals surface area (Å²) in [6, 6.07) is -1.83. The maximum atomic E-state index is 11.8. The third-order valence-corrected chi connectivity index (χ3v) is 2.98. The van der Waals surface area contributed by atoms with Crippen molar-refractivity contribution in [3.63, 3.8) is 0 Å². The number of hydrogen-bond donors (Lipinski definition) is 3. The molecule has 8 heteroatoms. The fourth-order valence-corrected chi connectivity index (χ4v) is 1.70. The van der Waals surface area contributed by atoms with Crippen molar-refractivity contribution in [3.05, 3.63) is 12.2 Å². The summed E-state index contributed by atoms with van der Waals surface area (Å²) in [6.07, 6.45) is 3.02. The zero-order chi connectivity index (χ0) is 15.3. The summed E-state index contributed by atoms with van der Waals surface area (Å²) in [4.78, 5) is 45.6. The highest BCUT2D eigenvalue weighted by molar-refractivity contribution is 6.14. The van der Waals surface area contributed by atoms with Gasteiger partial charge in [0.25, 0.3) is 11.8 Å². The quantitative estimate of drug-likeness (QED) is 0.454. The van der Waals surface area contributed by atoms with E-state index in [1.165, 1.54) is 0 Å². The standard InChI is InChI=1S/C12H17N3O5/c13-7(2-1-3-8(14)12(19)20)9(16)6-15-10(17)4-5-11(15)18/h4-5,7-8H,1-3,6,13-14H2,(H,19,20)/t7?,8-/m1/s1. The van der Waals surface area contributed by atoms with Crippen LogP contribution in [0.3, 0.4) is 0 Å². The third kappa shape index (κ3) is 4.25. The first-order valence-electron chi connectivity index (χ1n) is 6.13. The normalized spacial score (nSPS) is 17.4. The number of carboxylic acids is 1. The molecular formula is C12H17N3O5. The van der Waals surface area contributed by atoms with Gasteiger partial charge in [0.05, 0.1) is 12.6 Å². The van der Waals surface area contributed by atoms with Gasteiger partial charge in [0.15, 0.2) is 5.78 Å². The van der Waals surface area contributed by atoms with E-state index in [0.717, 1.165) is 17.1 Å². The highest BCUT2D eigenvalue weighted by Crippen LogP contribution is 2.07. The van der Waals surface area contributed by atoms with Crippen molar-refractivity contribution in [2.75, 3.05) is 6.54 Å². The second-order valence-electron chi connectivity index (χ2n) is 4.54. The molecule has 2 atom stereocenters. The van der Waals surface area contributed by atoms with Gasteiger partial charge in [0, 0.05) is 12.2 Å². The van der Waals surface area contributed by atoms with Gasteiger partial charge in [-0.1, -0.05) is 0 Å². The summed E-state index contributed by atoms with van der Waals surface area (Å²) in [5.74, 6) is -2.63. The van der Waals surface area contributed by atoms with E-state index < -0.39 is 35.7 Å². The molecule has 0 spiro atoms. The van der Waals surface area contributed by atoms with Gasteiger partial charge in [-0.2, -0.15) is 0 Å². The number of ketones is 1. The second kappa shape index (κ2) is 6.92. The molecule has 5 N–H and O–H groups in total. The number of aliphatic carboxylic acids is 1. The van der Waals surface area contributed by atoms with Gasteiger partial charge in [-0.05, 0) is 19.3 Å². The minimum absolute atomic E-state index is 0.208. The zero-order valence-electron chi connectivity index (χ0n) is 10.8. The topological polar surface area (TPSA) is 144 Å². The van der Waals surface area contributed by atoms with E-state index in [9.17, 15) is 19.2 Å². The molecule has 1 unspecified atom stereocenters. The first kappa shape index (κ1) is 16.0. The fraction of sp³-hybridized carbons (Fsp3) is 0.500. The molecule has 0 aromatic heterocycles.